The summed E-state index contributed by atoms with van der Waals surface area (Å²) in [6, 6.07) is 74.5. The second kappa shape index (κ2) is 11.0. The van der Waals surface area contributed by atoms with Gasteiger partial charge in [0.1, 0.15) is 0 Å². The molecule has 0 N–H and O–H groups in total. The van der Waals surface area contributed by atoms with Gasteiger partial charge in [-0.15, -0.1) is 0 Å². The number of para-hydroxylation sites is 1. The standard InChI is InChI=1S/C53H33N/c1-2-16-36(17-3-1)54(37-27-26-34-14-4-5-15-35(34)30-37)38-28-29-41-45(31-38)39-18-6-7-19-40(39)46-32-48-44-22-10-13-25-51(44)53(52(48)33-47(41)46)49-23-11-8-20-42(49)43-21-9-12-24-50(43)53/h1-33H. The van der Waals surface area contributed by atoms with E-state index in [4.69, 9.17) is 0 Å². The van der Waals surface area contributed by atoms with E-state index >= 15 is 0 Å². The van der Waals surface area contributed by atoms with Crippen molar-refractivity contribution in [1.29, 1.82) is 0 Å². The maximum Gasteiger partial charge on any atom is 0.0725 e. The van der Waals surface area contributed by atoms with Crippen LogP contribution >= 0.6 is 0 Å². The quantitative estimate of drug-likeness (QED) is 0.168. The van der Waals surface area contributed by atoms with Crippen LogP contribution in [0.15, 0.2) is 200 Å². The highest BCUT2D eigenvalue weighted by atomic mass is 15.1. The molecular weight excluding hydrogens is 651 g/mol. The predicted octanol–water partition coefficient (Wildman–Crippen LogP) is 14.1. The molecule has 0 aliphatic heterocycles. The summed E-state index contributed by atoms with van der Waals surface area (Å²) < 4.78 is 0. The molecule has 54 heavy (non-hydrogen) atoms. The molecule has 2 aliphatic rings. The lowest BCUT2D eigenvalue weighted by Gasteiger charge is -2.30. The Morgan fingerprint density at radius 1 is 0.259 bits per heavy atom. The van der Waals surface area contributed by atoms with Gasteiger partial charge in [0.15, 0.2) is 0 Å². The van der Waals surface area contributed by atoms with Crippen LogP contribution in [0.3, 0.4) is 0 Å². The van der Waals surface area contributed by atoms with Crippen LogP contribution in [0.25, 0.3) is 65.3 Å². The second-order valence-electron chi connectivity index (χ2n) is 14.8. The summed E-state index contributed by atoms with van der Waals surface area (Å²) in [5, 5.41) is 10.1. The molecule has 0 saturated heterocycles. The molecule has 10 aromatic rings. The lowest BCUT2D eigenvalue weighted by Crippen LogP contribution is -2.25. The first-order chi connectivity index (χ1) is 26.8. The fourth-order valence-corrected chi connectivity index (χ4v) is 10.0. The smallest absolute Gasteiger partial charge is 0.0725 e. The van der Waals surface area contributed by atoms with Crippen molar-refractivity contribution in [3.8, 4) is 22.3 Å². The molecule has 0 bridgehead atoms. The van der Waals surface area contributed by atoms with Crippen LogP contribution in [0.4, 0.5) is 17.1 Å². The van der Waals surface area contributed by atoms with Crippen molar-refractivity contribution >= 4 is 60.2 Å². The zero-order chi connectivity index (χ0) is 35.4. The summed E-state index contributed by atoms with van der Waals surface area (Å²) in [5.74, 6) is 0. The number of anilines is 3. The lowest BCUT2D eigenvalue weighted by atomic mass is 9.70. The highest BCUT2D eigenvalue weighted by Gasteiger charge is 2.51. The van der Waals surface area contributed by atoms with Crippen molar-refractivity contribution in [2.24, 2.45) is 0 Å². The van der Waals surface area contributed by atoms with Gasteiger partial charge >= 0.3 is 0 Å². The first-order valence-corrected chi connectivity index (χ1v) is 18.8. The number of rotatable bonds is 3. The number of benzene rings is 10. The number of hydrogen-bond acceptors (Lipinski definition) is 1. The van der Waals surface area contributed by atoms with Crippen LogP contribution in [-0.4, -0.2) is 0 Å². The fourth-order valence-electron chi connectivity index (χ4n) is 10.0. The van der Waals surface area contributed by atoms with E-state index in [1.54, 1.807) is 0 Å². The molecule has 250 valence electrons. The van der Waals surface area contributed by atoms with E-state index in [2.05, 4.69) is 205 Å². The molecule has 0 amide bonds. The van der Waals surface area contributed by atoms with E-state index in [0.29, 0.717) is 0 Å². The summed E-state index contributed by atoms with van der Waals surface area (Å²) in [6.45, 7) is 0. The van der Waals surface area contributed by atoms with Gasteiger partial charge in [-0.3, -0.25) is 0 Å². The molecule has 0 aromatic heterocycles. The number of fused-ring (bicyclic) bond motifs is 17. The molecule has 1 nitrogen and oxygen atoms in total. The zero-order valence-electron chi connectivity index (χ0n) is 29.5. The lowest BCUT2D eigenvalue weighted by molar-refractivity contribution is 0.795. The van der Waals surface area contributed by atoms with Crippen LogP contribution in [0.5, 0.6) is 0 Å². The summed E-state index contributed by atoms with van der Waals surface area (Å²) in [7, 11) is 0. The van der Waals surface area contributed by atoms with Gasteiger partial charge in [-0.25, -0.2) is 0 Å². The Balaban J connectivity index is 1.16. The SMILES string of the molecule is c1ccc(N(c2ccc3ccccc3c2)c2ccc3c(c2)c2ccccc2c2cc4c(cc32)C2(c3ccccc3-c3ccccc32)c2ccccc2-4)cc1. The molecule has 0 fully saturated rings. The van der Waals surface area contributed by atoms with Crippen molar-refractivity contribution in [2.75, 3.05) is 4.90 Å². The summed E-state index contributed by atoms with van der Waals surface area (Å²) in [6.07, 6.45) is 0. The molecule has 0 unspecified atom stereocenters. The molecule has 1 heteroatoms. The topological polar surface area (TPSA) is 3.24 Å². The first-order valence-electron chi connectivity index (χ1n) is 18.8. The van der Waals surface area contributed by atoms with Crippen molar-refractivity contribution < 1.29 is 0 Å². The fraction of sp³-hybridized carbons (Fsp3) is 0.0189. The normalized spacial score (nSPS) is 13.3. The molecule has 2 aliphatic carbocycles. The Hall–Kier alpha value is -6.96. The number of hydrogen-bond donors (Lipinski definition) is 0. The maximum absolute atomic E-state index is 2.55. The van der Waals surface area contributed by atoms with Crippen LogP contribution in [0, 0.1) is 0 Å². The molecule has 10 aromatic carbocycles. The highest BCUT2D eigenvalue weighted by Crippen LogP contribution is 2.63. The highest BCUT2D eigenvalue weighted by molar-refractivity contribution is 6.27. The Morgan fingerprint density at radius 3 is 1.43 bits per heavy atom. The third-order valence-electron chi connectivity index (χ3n) is 12.2. The van der Waals surface area contributed by atoms with Gasteiger partial charge in [0, 0.05) is 17.1 Å². The molecule has 1 spiro atoms. The Kier molecular flexibility index (Phi) is 6.04. The van der Waals surface area contributed by atoms with Crippen molar-refractivity contribution in [3.63, 3.8) is 0 Å². The molecule has 0 heterocycles. The minimum absolute atomic E-state index is 0.384. The van der Waals surface area contributed by atoms with E-state index < -0.39 is 0 Å². The molecule has 12 rings (SSSR count). The Labute approximate surface area is 314 Å². The van der Waals surface area contributed by atoms with Crippen LogP contribution in [0.1, 0.15) is 22.3 Å². The first kappa shape index (κ1) is 29.6. The van der Waals surface area contributed by atoms with E-state index in [0.717, 1.165) is 17.1 Å². The monoisotopic (exact) mass is 683 g/mol. The van der Waals surface area contributed by atoms with E-state index in [1.165, 1.54) is 87.6 Å². The average molecular weight is 684 g/mol. The van der Waals surface area contributed by atoms with Gasteiger partial charge in [-0.2, -0.15) is 0 Å². The summed E-state index contributed by atoms with van der Waals surface area (Å²) in [4.78, 5) is 2.39. The Bertz CT molecular complexity index is 3130. The molecular formula is C53H33N. The van der Waals surface area contributed by atoms with Crippen LogP contribution < -0.4 is 4.90 Å². The largest absolute Gasteiger partial charge is 0.310 e. The van der Waals surface area contributed by atoms with Gasteiger partial charge in [0.05, 0.1) is 5.41 Å². The second-order valence-corrected chi connectivity index (χ2v) is 14.8. The van der Waals surface area contributed by atoms with Gasteiger partial charge in [-0.1, -0.05) is 152 Å². The molecule has 0 saturated carbocycles. The summed E-state index contributed by atoms with van der Waals surface area (Å²) in [5.41, 5.74) is 13.8. The van der Waals surface area contributed by atoms with Gasteiger partial charge < -0.3 is 4.90 Å². The van der Waals surface area contributed by atoms with Crippen LogP contribution in [0.2, 0.25) is 0 Å². The third-order valence-corrected chi connectivity index (χ3v) is 12.2. The van der Waals surface area contributed by atoms with Crippen molar-refractivity contribution in [1.82, 2.24) is 0 Å². The molecule has 0 radical (unpaired) electrons. The molecule has 0 atom stereocenters. The minimum atomic E-state index is -0.384. The van der Waals surface area contributed by atoms with E-state index in [9.17, 15) is 0 Å². The average Bonchev–Trinajstić information content (AvgIpc) is 3.70. The van der Waals surface area contributed by atoms with Gasteiger partial charge in [0.2, 0.25) is 0 Å². The maximum atomic E-state index is 2.55. The van der Waals surface area contributed by atoms with Gasteiger partial charge in [-0.05, 0) is 136 Å². The minimum Gasteiger partial charge on any atom is -0.310 e. The third kappa shape index (κ3) is 3.88. The van der Waals surface area contributed by atoms with E-state index in [1.807, 2.05) is 0 Å². The van der Waals surface area contributed by atoms with Crippen molar-refractivity contribution in [2.45, 2.75) is 5.41 Å². The van der Waals surface area contributed by atoms with E-state index in [-0.39, 0.29) is 5.41 Å². The Morgan fingerprint density at radius 2 is 0.741 bits per heavy atom. The summed E-state index contributed by atoms with van der Waals surface area (Å²) >= 11 is 0. The van der Waals surface area contributed by atoms with Gasteiger partial charge in [0.25, 0.3) is 0 Å². The predicted molar refractivity (Wildman–Crippen MR) is 227 cm³/mol. The van der Waals surface area contributed by atoms with Crippen molar-refractivity contribution in [3.05, 3.63) is 222 Å². The zero-order valence-corrected chi connectivity index (χ0v) is 29.5. The van der Waals surface area contributed by atoms with Crippen LogP contribution in [-0.2, 0) is 5.41 Å². The number of nitrogens with zero attached hydrogens (tertiary/aromatic N) is 1.